The molecule has 0 unspecified atom stereocenters. The maximum Gasteiger partial charge on any atom is 0.348 e. The van der Waals surface area contributed by atoms with E-state index in [-0.39, 0.29) is 12.2 Å². The summed E-state index contributed by atoms with van der Waals surface area (Å²) in [4.78, 5) is 24.2. The van der Waals surface area contributed by atoms with Crippen molar-refractivity contribution in [2.45, 2.75) is 20.8 Å². The number of carbonyl (C=O) groups excluding carboxylic acids is 2. The molecule has 130 valence electrons. The highest BCUT2D eigenvalue weighted by atomic mass is 32.1. The monoisotopic (exact) mass is 358 g/mol. The van der Waals surface area contributed by atoms with Crippen LogP contribution in [0.4, 0.5) is 5.00 Å². The Labute approximate surface area is 150 Å². The van der Waals surface area contributed by atoms with Crippen LogP contribution in [-0.4, -0.2) is 25.6 Å². The lowest BCUT2D eigenvalue weighted by atomic mass is 10.1. The zero-order chi connectivity index (χ0) is 18.6. The molecule has 0 spiro atoms. The number of hydrogen-bond acceptors (Lipinski definition) is 6. The van der Waals surface area contributed by atoms with Crippen molar-refractivity contribution in [2.75, 3.05) is 19.0 Å². The van der Waals surface area contributed by atoms with Gasteiger partial charge in [0.15, 0.2) is 6.61 Å². The van der Waals surface area contributed by atoms with Crippen LogP contribution in [0.5, 0.6) is 5.75 Å². The van der Waals surface area contributed by atoms with Gasteiger partial charge in [-0.3, -0.25) is 4.79 Å². The first-order valence-electron chi connectivity index (χ1n) is 7.49. The fraction of sp³-hybridized carbons (Fsp3) is 0.278. The number of benzene rings is 1. The molecule has 0 atom stereocenters. The van der Waals surface area contributed by atoms with Crippen LogP contribution in [0.1, 0.15) is 31.9 Å². The third kappa shape index (κ3) is 4.17. The predicted molar refractivity (Wildman–Crippen MR) is 95.2 cm³/mol. The smallest absolute Gasteiger partial charge is 0.348 e. The number of amides is 1. The molecule has 2 aromatic rings. The van der Waals surface area contributed by atoms with Gasteiger partial charge in [-0.15, -0.1) is 11.3 Å². The van der Waals surface area contributed by atoms with E-state index in [9.17, 15) is 14.9 Å². The molecule has 1 amide bonds. The number of ether oxygens (including phenoxy) is 2. The minimum atomic E-state index is -0.536. The molecule has 1 N–H and O–H groups in total. The number of methoxy groups -OCH3 is 1. The van der Waals surface area contributed by atoms with Crippen LogP contribution in [0, 0.1) is 32.1 Å². The molecule has 6 nitrogen and oxygen atoms in total. The molecule has 0 fully saturated rings. The quantitative estimate of drug-likeness (QED) is 0.828. The van der Waals surface area contributed by atoms with Gasteiger partial charge in [-0.1, -0.05) is 17.7 Å². The van der Waals surface area contributed by atoms with Gasteiger partial charge in [0.2, 0.25) is 0 Å². The van der Waals surface area contributed by atoms with E-state index in [1.807, 2.05) is 38.1 Å². The molecule has 1 heterocycles. The van der Waals surface area contributed by atoms with Gasteiger partial charge < -0.3 is 14.8 Å². The number of nitriles is 1. The molecule has 2 rings (SSSR count). The highest BCUT2D eigenvalue weighted by Crippen LogP contribution is 2.33. The fourth-order valence-corrected chi connectivity index (χ4v) is 3.38. The number of rotatable bonds is 5. The van der Waals surface area contributed by atoms with Gasteiger partial charge in [0, 0.05) is 0 Å². The van der Waals surface area contributed by atoms with Crippen molar-refractivity contribution in [1.82, 2.24) is 0 Å². The number of nitrogens with one attached hydrogen (secondary N) is 1. The van der Waals surface area contributed by atoms with E-state index >= 15 is 0 Å². The standard InChI is InChI=1S/C18H18N2O4S/c1-10-5-6-14(11(2)7-10)24-9-15(21)20-17-13(8-19)12(3)16(25-17)18(22)23-4/h5-7H,9H2,1-4H3,(H,20,21). The first kappa shape index (κ1) is 18.5. The largest absolute Gasteiger partial charge is 0.483 e. The van der Waals surface area contributed by atoms with E-state index in [0.717, 1.165) is 22.5 Å². The van der Waals surface area contributed by atoms with Gasteiger partial charge in [-0.05, 0) is 38.0 Å². The highest BCUT2D eigenvalue weighted by molar-refractivity contribution is 7.18. The predicted octanol–water partition coefficient (Wildman–Crippen LogP) is 3.35. The average molecular weight is 358 g/mol. The number of nitrogens with zero attached hydrogens (tertiary/aromatic N) is 1. The lowest BCUT2D eigenvalue weighted by Crippen LogP contribution is -2.20. The molecule has 7 heteroatoms. The highest BCUT2D eigenvalue weighted by Gasteiger charge is 2.21. The lowest BCUT2D eigenvalue weighted by Gasteiger charge is -2.09. The number of esters is 1. The van der Waals surface area contributed by atoms with E-state index in [1.165, 1.54) is 7.11 Å². The molecular formula is C18H18N2O4S. The van der Waals surface area contributed by atoms with Gasteiger partial charge in [-0.2, -0.15) is 5.26 Å². The zero-order valence-corrected chi connectivity index (χ0v) is 15.2. The van der Waals surface area contributed by atoms with Gasteiger partial charge >= 0.3 is 5.97 Å². The summed E-state index contributed by atoms with van der Waals surface area (Å²) < 4.78 is 10.2. The maximum atomic E-state index is 12.1. The summed E-state index contributed by atoms with van der Waals surface area (Å²) in [5.74, 6) is -0.320. The van der Waals surface area contributed by atoms with Gasteiger partial charge in [-0.25, -0.2) is 4.79 Å². The summed E-state index contributed by atoms with van der Waals surface area (Å²) in [5, 5.41) is 12.2. The van der Waals surface area contributed by atoms with Crippen LogP contribution in [0.15, 0.2) is 18.2 Å². The Balaban J connectivity index is 2.10. The second-order valence-corrected chi connectivity index (χ2v) is 6.49. The van der Waals surface area contributed by atoms with Gasteiger partial charge in [0.1, 0.15) is 21.7 Å². The number of carbonyl (C=O) groups is 2. The minimum absolute atomic E-state index is 0.195. The Kier molecular flexibility index (Phi) is 5.78. The fourth-order valence-electron chi connectivity index (χ4n) is 2.29. The molecule has 1 aromatic carbocycles. The molecule has 0 saturated carbocycles. The number of hydrogen-bond donors (Lipinski definition) is 1. The van der Waals surface area contributed by atoms with Gasteiger partial charge in [0.25, 0.3) is 5.91 Å². The molecule has 0 radical (unpaired) electrons. The summed E-state index contributed by atoms with van der Waals surface area (Å²) in [6.07, 6.45) is 0. The second-order valence-electron chi connectivity index (χ2n) is 5.47. The van der Waals surface area contributed by atoms with E-state index in [1.54, 1.807) is 6.92 Å². The molecule has 1 aromatic heterocycles. The third-order valence-corrected chi connectivity index (χ3v) is 4.76. The van der Waals surface area contributed by atoms with Crippen molar-refractivity contribution in [3.63, 3.8) is 0 Å². The topological polar surface area (TPSA) is 88.4 Å². The molecule has 0 aliphatic rings. The van der Waals surface area contributed by atoms with Crippen molar-refractivity contribution < 1.29 is 19.1 Å². The van der Waals surface area contributed by atoms with Crippen molar-refractivity contribution >= 4 is 28.2 Å². The van der Waals surface area contributed by atoms with Crippen molar-refractivity contribution in [1.29, 1.82) is 5.26 Å². The van der Waals surface area contributed by atoms with Crippen LogP contribution in [0.3, 0.4) is 0 Å². The molecular weight excluding hydrogens is 340 g/mol. The summed E-state index contributed by atoms with van der Waals surface area (Å²) >= 11 is 1.01. The van der Waals surface area contributed by atoms with Gasteiger partial charge in [0.05, 0.1) is 12.7 Å². The van der Waals surface area contributed by atoms with Crippen LogP contribution in [0.2, 0.25) is 0 Å². The van der Waals surface area contributed by atoms with E-state index < -0.39 is 11.9 Å². The van der Waals surface area contributed by atoms with Crippen molar-refractivity contribution in [3.8, 4) is 11.8 Å². The molecule has 25 heavy (non-hydrogen) atoms. The summed E-state index contributed by atoms with van der Waals surface area (Å²) in [7, 11) is 1.27. The molecule has 0 saturated heterocycles. The van der Waals surface area contributed by atoms with E-state index in [4.69, 9.17) is 4.74 Å². The van der Waals surface area contributed by atoms with Crippen LogP contribution in [-0.2, 0) is 9.53 Å². The Hall–Kier alpha value is -2.85. The van der Waals surface area contributed by atoms with E-state index in [0.29, 0.717) is 21.2 Å². The first-order chi connectivity index (χ1) is 11.9. The normalized spacial score (nSPS) is 10.0. The minimum Gasteiger partial charge on any atom is -0.483 e. The summed E-state index contributed by atoms with van der Waals surface area (Å²) in [6.45, 7) is 5.33. The number of thiophene rings is 1. The van der Waals surface area contributed by atoms with Crippen LogP contribution < -0.4 is 10.1 Å². The Bertz CT molecular complexity index is 865. The third-order valence-electron chi connectivity index (χ3n) is 3.57. The Morgan fingerprint density at radius 1 is 1.28 bits per heavy atom. The Morgan fingerprint density at radius 2 is 2.00 bits per heavy atom. The zero-order valence-electron chi connectivity index (χ0n) is 14.4. The molecule has 0 aliphatic heterocycles. The molecule has 0 aliphatic carbocycles. The lowest BCUT2D eigenvalue weighted by molar-refractivity contribution is -0.118. The average Bonchev–Trinajstić information content (AvgIpc) is 2.88. The van der Waals surface area contributed by atoms with E-state index in [2.05, 4.69) is 10.1 Å². The Morgan fingerprint density at radius 3 is 2.60 bits per heavy atom. The number of aryl methyl sites for hydroxylation is 2. The molecule has 0 bridgehead atoms. The second kappa shape index (κ2) is 7.81. The SMILES string of the molecule is COC(=O)c1sc(NC(=O)COc2ccc(C)cc2C)c(C#N)c1C. The van der Waals surface area contributed by atoms with Crippen LogP contribution >= 0.6 is 11.3 Å². The van der Waals surface area contributed by atoms with Crippen molar-refractivity contribution in [2.24, 2.45) is 0 Å². The number of anilines is 1. The first-order valence-corrected chi connectivity index (χ1v) is 8.30. The summed E-state index contributed by atoms with van der Waals surface area (Å²) in [6, 6.07) is 7.68. The maximum absolute atomic E-state index is 12.1. The van der Waals surface area contributed by atoms with Crippen LogP contribution in [0.25, 0.3) is 0 Å². The van der Waals surface area contributed by atoms with Crippen molar-refractivity contribution in [3.05, 3.63) is 45.3 Å². The summed E-state index contributed by atoms with van der Waals surface area (Å²) in [5.41, 5.74) is 2.79.